The number of aromatic nitrogens is 2. The summed E-state index contributed by atoms with van der Waals surface area (Å²) in [6, 6.07) is 40.8. The van der Waals surface area contributed by atoms with E-state index in [4.69, 9.17) is 9.97 Å². The number of nitrogens with zero attached hydrogens (tertiary/aromatic N) is 2. The monoisotopic (exact) mass is 512 g/mol. The summed E-state index contributed by atoms with van der Waals surface area (Å²) in [7, 11) is 0. The van der Waals surface area contributed by atoms with Crippen molar-refractivity contribution in [2.45, 2.75) is 13.8 Å². The van der Waals surface area contributed by atoms with E-state index in [0.717, 1.165) is 55.4 Å². The van der Waals surface area contributed by atoms with Crippen LogP contribution in [0.15, 0.2) is 122 Å². The molecule has 0 saturated heterocycles. The van der Waals surface area contributed by atoms with Crippen molar-refractivity contribution in [2.24, 2.45) is 0 Å². The van der Waals surface area contributed by atoms with Crippen LogP contribution in [0.2, 0.25) is 0 Å². The van der Waals surface area contributed by atoms with E-state index in [1.165, 1.54) is 27.5 Å². The van der Waals surface area contributed by atoms with E-state index in [-0.39, 0.29) is 0 Å². The van der Waals surface area contributed by atoms with Crippen LogP contribution >= 0.6 is 0 Å². The average Bonchev–Trinajstić information content (AvgIpc) is 3.01. The molecule has 0 aliphatic heterocycles. The van der Waals surface area contributed by atoms with Crippen LogP contribution in [0.25, 0.3) is 72.3 Å². The standard InChI is InChI=1S/C38H28N2/c1-4-26-15-19-27(20-16-26)29-21-22-30(25(3)23-29)36-35(28-17-13-24(2)14-18-28)39-37-33-11-7-5-9-31(33)32-10-6-8-12-34(32)38(37)40-36/h4-23H,1H2,2-3H3. The van der Waals surface area contributed by atoms with Gasteiger partial charge in [-0.2, -0.15) is 0 Å². The molecule has 7 aromatic rings. The molecule has 0 N–H and O–H groups in total. The molecule has 2 heteroatoms. The summed E-state index contributed by atoms with van der Waals surface area (Å²) in [5.74, 6) is 0. The Morgan fingerprint density at radius 1 is 0.525 bits per heavy atom. The van der Waals surface area contributed by atoms with E-state index in [1.807, 2.05) is 6.08 Å². The average molecular weight is 513 g/mol. The lowest BCUT2D eigenvalue weighted by Gasteiger charge is -2.16. The quantitative estimate of drug-likeness (QED) is 0.219. The first-order chi connectivity index (χ1) is 19.6. The molecule has 0 saturated carbocycles. The summed E-state index contributed by atoms with van der Waals surface area (Å²) in [6.07, 6.45) is 1.87. The van der Waals surface area contributed by atoms with E-state index in [9.17, 15) is 0 Å². The zero-order valence-corrected chi connectivity index (χ0v) is 22.6. The van der Waals surface area contributed by atoms with Crippen molar-refractivity contribution in [3.05, 3.63) is 139 Å². The highest BCUT2D eigenvalue weighted by Gasteiger charge is 2.19. The lowest BCUT2D eigenvalue weighted by molar-refractivity contribution is 1.29. The van der Waals surface area contributed by atoms with Gasteiger partial charge in [-0.25, -0.2) is 9.97 Å². The molecule has 190 valence electrons. The van der Waals surface area contributed by atoms with Crippen LogP contribution in [-0.4, -0.2) is 9.97 Å². The minimum atomic E-state index is 0.902. The van der Waals surface area contributed by atoms with Gasteiger partial charge in [0, 0.05) is 21.9 Å². The van der Waals surface area contributed by atoms with E-state index in [2.05, 4.69) is 136 Å². The fraction of sp³-hybridized carbons (Fsp3) is 0.0526. The molecule has 0 unspecified atom stereocenters. The molecule has 6 aromatic carbocycles. The molecular weight excluding hydrogens is 484 g/mol. The molecule has 0 aliphatic rings. The van der Waals surface area contributed by atoms with E-state index >= 15 is 0 Å². The van der Waals surface area contributed by atoms with Gasteiger partial charge in [0.2, 0.25) is 0 Å². The zero-order chi connectivity index (χ0) is 27.2. The minimum absolute atomic E-state index is 0.902. The second-order valence-corrected chi connectivity index (χ2v) is 10.4. The van der Waals surface area contributed by atoms with Crippen molar-refractivity contribution in [3.8, 4) is 33.6 Å². The second kappa shape index (κ2) is 9.59. The molecule has 0 bridgehead atoms. The molecule has 1 aromatic heterocycles. The molecule has 0 amide bonds. The number of hydrogen-bond donors (Lipinski definition) is 0. The molecule has 7 rings (SSSR count). The minimum Gasteiger partial charge on any atom is -0.243 e. The SMILES string of the molecule is C=Cc1ccc(-c2ccc(-c3nc4c5ccccc5c5ccccc5c4nc3-c3ccc(C)cc3)c(C)c2)cc1. The van der Waals surface area contributed by atoms with E-state index in [1.54, 1.807) is 0 Å². The Hall–Kier alpha value is -5.08. The van der Waals surface area contributed by atoms with Gasteiger partial charge < -0.3 is 0 Å². The predicted molar refractivity (Wildman–Crippen MR) is 170 cm³/mol. The van der Waals surface area contributed by atoms with Crippen LogP contribution in [0.3, 0.4) is 0 Å². The van der Waals surface area contributed by atoms with Gasteiger partial charge >= 0.3 is 0 Å². The number of aryl methyl sites for hydroxylation is 2. The zero-order valence-electron chi connectivity index (χ0n) is 22.6. The highest BCUT2D eigenvalue weighted by Crippen LogP contribution is 2.39. The molecule has 40 heavy (non-hydrogen) atoms. The Balaban J connectivity index is 1.52. The molecular formula is C38H28N2. The molecule has 0 atom stereocenters. The van der Waals surface area contributed by atoms with Crippen LogP contribution in [0, 0.1) is 13.8 Å². The van der Waals surface area contributed by atoms with Gasteiger partial charge in [0.25, 0.3) is 0 Å². The summed E-state index contributed by atoms with van der Waals surface area (Å²) in [5, 5.41) is 4.64. The number of rotatable bonds is 4. The number of hydrogen-bond acceptors (Lipinski definition) is 2. The molecule has 0 radical (unpaired) electrons. The molecule has 0 fully saturated rings. The van der Waals surface area contributed by atoms with Crippen molar-refractivity contribution in [3.63, 3.8) is 0 Å². The van der Waals surface area contributed by atoms with Gasteiger partial charge in [-0.15, -0.1) is 0 Å². The summed E-state index contributed by atoms with van der Waals surface area (Å²) in [4.78, 5) is 10.8. The summed E-state index contributed by atoms with van der Waals surface area (Å²) < 4.78 is 0. The van der Waals surface area contributed by atoms with E-state index < -0.39 is 0 Å². The van der Waals surface area contributed by atoms with Crippen LogP contribution in [0.5, 0.6) is 0 Å². The first-order valence-corrected chi connectivity index (χ1v) is 13.6. The van der Waals surface area contributed by atoms with Gasteiger partial charge in [0.1, 0.15) is 0 Å². The van der Waals surface area contributed by atoms with Crippen molar-refractivity contribution < 1.29 is 0 Å². The second-order valence-electron chi connectivity index (χ2n) is 10.4. The normalized spacial score (nSPS) is 11.3. The third-order valence-corrected chi connectivity index (χ3v) is 7.84. The molecule has 2 nitrogen and oxygen atoms in total. The van der Waals surface area contributed by atoms with Gasteiger partial charge in [0.05, 0.1) is 22.4 Å². The molecule has 1 heterocycles. The Kier molecular flexibility index (Phi) is 5.75. The summed E-state index contributed by atoms with van der Waals surface area (Å²) in [6.45, 7) is 8.15. The lowest BCUT2D eigenvalue weighted by Crippen LogP contribution is -1.99. The Morgan fingerprint density at radius 2 is 1.05 bits per heavy atom. The number of benzene rings is 6. The number of fused-ring (bicyclic) bond motifs is 6. The lowest BCUT2D eigenvalue weighted by atomic mass is 9.94. The smallest absolute Gasteiger partial charge is 0.0979 e. The van der Waals surface area contributed by atoms with Crippen molar-refractivity contribution >= 4 is 38.7 Å². The van der Waals surface area contributed by atoms with Gasteiger partial charge in [0.15, 0.2) is 0 Å². The topological polar surface area (TPSA) is 25.8 Å². The third kappa shape index (κ3) is 3.97. The van der Waals surface area contributed by atoms with Crippen LogP contribution in [0.4, 0.5) is 0 Å². The fourth-order valence-corrected chi connectivity index (χ4v) is 5.68. The predicted octanol–water partition coefficient (Wildman–Crippen LogP) is 10.2. The maximum absolute atomic E-state index is 5.43. The van der Waals surface area contributed by atoms with Crippen molar-refractivity contribution in [1.29, 1.82) is 0 Å². The third-order valence-electron chi connectivity index (χ3n) is 7.84. The molecule has 0 spiro atoms. The largest absolute Gasteiger partial charge is 0.243 e. The Labute approximate surface area is 234 Å². The van der Waals surface area contributed by atoms with Crippen LogP contribution in [-0.2, 0) is 0 Å². The maximum Gasteiger partial charge on any atom is 0.0979 e. The van der Waals surface area contributed by atoms with Gasteiger partial charge in [-0.1, -0.05) is 133 Å². The Morgan fingerprint density at radius 3 is 1.62 bits per heavy atom. The molecule has 0 aliphatic carbocycles. The van der Waals surface area contributed by atoms with Crippen molar-refractivity contribution in [2.75, 3.05) is 0 Å². The maximum atomic E-state index is 5.43. The van der Waals surface area contributed by atoms with Gasteiger partial charge in [-0.05, 0) is 46.9 Å². The van der Waals surface area contributed by atoms with Crippen molar-refractivity contribution in [1.82, 2.24) is 9.97 Å². The summed E-state index contributed by atoms with van der Waals surface area (Å²) in [5.41, 5.74) is 11.7. The van der Waals surface area contributed by atoms with Crippen LogP contribution in [0.1, 0.15) is 16.7 Å². The Bertz CT molecular complexity index is 2070. The first-order valence-electron chi connectivity index (χ1n) is 13.6. The highest BCUT2D eigenvalue weighted by molar-refractivity contribution is 6.23. The summed E-state index contributed by atoms with van der Waals surface area (Å²) >= 11 is 0. The van der Waals surface area contributed by atoms with Crippen LogP contribution < -0.4 is 0 Å². The van der Waals surface area contributed by atoms with Gasteiger partial charge in [-0.3, -0.25) is 0 Å². The fourth-order valence-electron chi connectivity index (χ4n) is 5.68. The van der Waals surface area contributed by atoms with E-state index in [0.29, 0.717) is 0 Å². The highest BCUT2D eigenvalue weighted by atomic mass is 14.8. The first kappa shape index (κ1) is 24.0.